The van der Waals surface area contributed by atoms with Crippen molar-refractivity contribution in [2.24, 2.45) is 0 Å². The van der Waals surface area contributed by atoms with E-state index in [0.29, 0.717) is 11.1 Å². The van der Waals surface area contributed by atoms with Gasteiger partial charge in [0.15, 0.2) is 8.32 Å². The van der Waals surface area contributed by atoms with E-state index in [9.17, 15) is 13.2 Å². The van der Waals surface area contributed by atoms with Gasteiger partial charge in [-0.05, 0) is 56.1 Å². The van der Waals surface area contributed by atoms with Crippen LogP contribution in [0.1, 0.15) is 37.5 Å². The molecule has 176 valence electrons. The van der Waals surface area contributed by atoms with Crippen LogP contribution in [-0.4, -0.2) is 49.3 Å². The Morgan fingerprint density at radius 1 is 1.16 bits per heavy atom. The van der Waals surface area contributed by atoms with Gasteiger partial charge < -0.3 is 13.9 Å². The number of rotatable bonds is 9. The minimum Gasteiger partial charge on any atom is -0.438 e. The van der Waals surface area contributed by atoms with E-state index in [-0.39, 0.29) is 23.1 Å². The molecule has 0 radical (unpaired) electrons. The molecule has 0 saturated heterocycles. The van der Waals surface area contributed by atoms with Crippen LogP contribution in [0, 0.1) is 20.8 Å². The van der Waals surface area contributed by atoms with Crippen molar-refractivity contribution in [1.82, 2.24) is 4.72 Å². The Labute approximate surface area is 188 Å². The van der Waals surface area contributed by atoms with Crippen molar-refractivity contribution in [3.63, 3.8) is 0 Å². The Kier molecular flexibility index (Phi) is 9.49. The van der Waals surface area contributed by atoms with Crippen LogP contribution in [0.5, 0.6) is 0 Å². The second-order valence-electron chi connectivity index (χ2n) is 9.22. The van der Waals surface area contributed by atoms with E-state index in [1.54, 1.807) is 26.0 Å². The molecule has 1 atom stereocenters. The third kappa shape index (κ3) is 8.06. The number of aryl methyl sites for hydroxylation is 3. The zero-order valence-electron chi connectivity index (χ0n) is 20.2. The molecule has 1 rings (SSSR count). The normalized spacial score (nSPS) is 14.0. The Morgan fingerprint density at radius 3 is 2.19 bits per heavy atom. The highest BCUT2D eigenvalue weighted by molar-refractivity contribution is 7.89. The van der Waals surface area contributed by atoms with Gasteiger partial charge in [0.1, 0.15) is 6.61 Å². The molecular weight excluding hydrogens is 434 g/mol. The fraction of sp³-hybridized carbons (Fsp3) is 0.591. The molecule has 0 unspecified atom stereocenters. The van der Waals surface area contributed by atoms with Crippen molar-refractivity contribution in [2.75, 3.05) is 20.3 Å². The Morgan fingerprint density at radius 2 is 1.71 bits per heavy atom. The number of benzene rings is 1. The van der Waals surface area contributed by atoms with Gasteiger partial charge in [-0.25, -0.2) is 17.9 Å². The summed E-state index contributed by atoms with van der Waals surface area (Å²) >= 11 is 0. The molecule has 9 heteroatoms. The highest BCUT2D eigenvalue weighted by atomic mass is 32.2. The van der Waals surface area contributed by atoms with Gasteiger partial charge in [0.25, 0.3) is 0 Å². The molecule has 0 aliphatic carbocycles. The monoisotopic (exact) mass is 471 g/mol. The number of ether oxygens (including phenoxy) is 2. The van der Waals surface area contributed by atoms with Crippen molar-refractivity contribution in [1.29, 1.82) is 0 Å². The van der Waals surface area contributed by atoms with E-state index in [1.165, 1.54) is 7.11 Å². The molecular formula is C22H37NO6SSi. The van der Waals surface area contributed by atoms with Crippen LogP contribution in [-0.2, 0) is 23.9 Å². The van der Waals surface area contributed by atoms with Crippen LogP contribution in [0.25, 0.3) is 0 Å². The molecule has 1 aromatic carbocycles. The van der Waals surface area contributed by atoms with Gasteiger partial charge in [0.2, 0.25) is 10.0 Å². The molecule has 0 bridgehead atoms. The minimum absolute atomic E-state index is 0.0156. The second-order valence-corrected chi connectivity index (χ2v) is 15.7. The van der Waals surface area contributed by atoms with E-state index in [4.69, 9.17) is 9.16 Å². The number of sulfonamides is 1. The fourth-order valence-corrected chi connectivity index (χ4v) is 5.55. The summed E-state index contributed by atoms with van der Waals surface area (Å²) in [5.74, 6) is 0. The highest BCUT2D eigenvalue weighted by Gasteiger charge is 2.37. The lowest BCUT2D eigenvalue weighted by Gasteiger charge is -2.37. The van der Waals surface area contributed by atoms with Crippen molar-refractivity contribution in [2.45, 2.75) is 70.6 Å². The van der Waals surface area contributed by atoms with Crippen molar-refractivity contribution in [3.8, 4) is 0 Å². The summed E-state index contributed by atoms with van der Waals surface area (Å²) in [5, 5.41) is -0.0156. The first-order chi connectivity index (χ1) is 14.1. The summed E-state index contributed by atoms with van der Waals surface area (Å²) in [6, 6.07) is 3.08. The predicted octanol–water partition coefficient (Wildman–Crippen LogP) is 4.62. The predicted molar refractivity (Wildman–Crippen MR) is 125 cm³/mol. The third-order valence-electron chi connectivity index (χ3n) is 5.44. The summed E-state index contributed by atoms with van der Waals surface area (Å²) in [6.45, 7) is 16.2. The SMILES string of the molecule is COC(=O)OC/C=C/[C@H](CO[Si](C)(C)C(C)(C)C)NS(=O)(=O)c1c(C)cc(C)cc1C. The summed E-state index contributed by atoms with van der Waals surface area (Å²) in [4.78, 5) is 11.4. The van der Waals surface area contributed by atoms with Crippen molar-refractivity contribution < 1.29 is 27.1 Å². The summed E-state index contributed by atoms with van der Waals surface area (Å²) < 4.78 is 44.7. The summed E-state index contributed by atoms with van der Waals surface area (Å²) in [5.41, 5.74) is 2.38. The quantitative estimate of drug-likeness (QED) is 0.321. The van der Waals surface area contributed by atoms with E-state index in [0.717, 1.165) is 5.56 Å². The molecule has 1 N–H and O–H groups in total. The lowest BCUT2D eigenvalue weighted by molar-refractivity contribution is 0.0817. The molecule has 0 aliphatic rings. The molecule has 0 fully saturated rings. The molecule has 0 heterocycles. The van der Waals surface area contributed by atoms with Gasteiger partial charge in [0.05, 0.1) is 24.7 Å². The fourth-order valence-electron chi connectivity index (χ4n) is 2.89. The van der Waals surface area contributed by atoms with Gasteiger partial charge in [-0.15, -0.1) is 0 Å². The molecule has 7 nitrogen and oxygen atoms in total. The maximum Gasteiger partial charge on any atom is 0.508 e. The lowest BCUT2D eigenvalue weighted by Crippen LogP contribution is -2.45. The molecule has 0 aliphatic heterocycles. The topological polar surface area (TPSA) is 90.9 Å². The minimum atomic E-state index is -3.80. The van der Waals surface area contributed by atoms with E-state index in [2.05, 4.69) is 43.3 Å². The van der Waals surface area contributed by atoms with Gasteiger partial charge >= 0.3 is 6.16 Å². The maximum atomic E-state index is 13.2. The smallest absolute Gasteiger partial charge is 0.438 e. The standard InChI is InChI=1S/C22H37NO6SSi/c1-16-13-17(2)20(18(3)14-16)30(25,26)23-19(11-10-12-28-21(24)27-7)15-29-31(8,9)22(4,5)6/h10-11,13-14,19,23H,12,15H2,1-9H3/b11-10+/t19-/m1/s1. The lowest BCUT2D eigenvalue weighted by atomic mass is 10.1. The number of hydrogen-bond acceptors (Lipinski definition) is 6. The van der Waals surface area contributed by atoms with Crippen LogP contribution in [0.15, 0.2) is 29.2 Å². The van der Waals surface area contributed by atoms with Crippen LogP contribution in [0.2, 0.25) is 18.1 Å². The first-order valence-electron chi connectivity index (χ1n) is 10.2. The number of carbonyl (C=O) groups is 1. The zero-order valence-corrected chi connectivity index (χ0v) is 22.0. The highest BCUT2D eigenvalue weighted by Crippen LogP contribution is 2.36. The second kappa shape index (κ2) is 10.8. The van der Waals surface area contributed by atoms with E-state index in [1.807, 2.05) is 19.1 Å². The third-order valence-corrected chi connectivity index (χ3v) is 11.7. The van der Waals surface area contributed by atoms with Crippen molar-refractivity contribution in [3.05, 3.63) is 41.0 Å². The first-order valence-corrected chi connectivity index (χ1v) is 14.6. The van der Waals surface area contributed by atoms with Crippen LogP contribution < -0.4 is 4.72 Å². The molecule has 0 saturated carbocycles. The van der Waals surface area contributed by atoms with Gasteiger partial charge in [-0.2, -0.15) is 0 Å². The Balaban J connectivity index is 3.12. The number of nitrogens with one attached hydrogen (secondary N) is 1. The zero-order chi connectivity index (χ0) is 24.0. The number of carbonyl (C=O) groups excluding carboxylic acids is 1. The average molecular weight is 472 g/mol. The van der Waals surface area contributed by atoms with Crippen LogP contribution >= 0.6 is 0 Å². The van der Waals surface area contributed by atoms with Gasteiger partial charge in [0, 0.05) is 0 Å². The van der Waals surface area contributed by atoms with Gasteiger partial charge in [-0.1, -0.05) is 44.5 Å². The summed E-state index contributed by atoms with van der Waals surface area (Å²) in [7, 11) is -4.67. The summed E-state index contributed by atoms with van der Waals surface area (Å²) in [6.07, 6.45) is 2.42. The first kappa shape index (κ1) is 27.4. The van der Waals surface area contributed by atoms with E-state index >= 15 is 0 Å². The van der Waals surface area contributed by atoms with Gasteiger partial charge in [-0.3, -0.25) is 0 Å². The molecule has 0 spiro atoms. The van der Waals surface area contributed by atoms with E-state index < -0.39 is 30.5 Å². The Hall–Kier alpha value is -1.68. The van der Waals surface area contributed by atoms with Crippen LogP contribution in [0.4, 0.5) is 4.79 Å². The maximum absolute atomic E-state index is 13.2. The van der Waals surface area contributed by atoms with Crippen LogP contribution in [0.3, 0.4) is 0 Å². The number of methoxy groups -OCH3 is 1. The molecule has 31 heavy (non-hydrogen) atoms. The largest absolute Gasteiger partial charge is 0.508 e. The number of hydrogen-bond donors (Lipinski definition) is 1. The molecule has 1 aromatic rings. The molecule has 0 aromatic heterocycles. The average Bonchev–Trinajstić information content (AvgIpc) is 2.60. The van der Waals surface area contributed by atoms with Crippen molar-refractivity contribution >= 4 is 24.5 Å². The Bertz CT molecular complexity index is 880. The molecule has 0 amide bonds.